The Morgan fingerprint density at radius 3 is 2.52 bits per heavy atom. The van der Waals surface area contributed by atoms with Crippen LogP contribution in [-0.4, -0.2) is 36.7 Å². The zero-order valence-electron chi connectivity index (χ0n) is 15.3. The van der Waals surface area contributed by atoms with Crippen molar-refractivity contribution in [2.45, 2.75) is 17.2 Å². The van der Waals surface area contributed by atoms with Crippen LogP contribution in [0.3, 0.4) is 0 Å². The van der Waals surface area contributed by atoms with Gasteiger partial charge in [0, 0.05) is 24.7 Å². The van der Waals surface area contributed by atoms with Crippen molar-refractivity contribution in [1.29, 1.82) is 0 Å². The largest absolute Gasteiger partial charge is 0.396 e. The summed E-state index contributed by atoms with van der Waals surface area (Å²) in [5.74, 6) is -0.0829. The Bertz CT molecular complexity index is 1010. The van der Waals surface area contributed by atoms with Crippen LogP contribution < -0.4 is 4.72 Å². The molecule has 0 saturated carbocycles. The molecule has 0 aliphatic carbocycles. The summed E-state index contributed by atoms with van der Waals surface area (Å²) in [6, 6.07) is 14.8. The van der Waals surface area contributed by atoms with E-state index in [9.17, 15) is 13.5 Å². The lowest BCUT2D eigenvalue weighted by Gasteiger charge is -2.17. The van der Waals surface area contributed by atoms with E-state index >= 15 is 0 Å². The summed E-state index contributed by atoms with van der Waals surface area (Å²) in [6.45, 7) is 0.00222. The summed E-state index contributed by atoms with van der Waals surface area (Å²) in [6.07, 6.45) is 4.11. The molecule has 0 bridgehead atoms. The Kier molecular flexibility index (Phi) is 5.74. The normalized spacial score (nSPS) is 12.9. The van der Waals surface area contributed by atoms with Gasteiger partial charge in [-0.3, -0.25) is 0 Å². The van der Waals surface area contributed by atoms with E-state index in [-0.39, 0.29) is 17.4 Å². The Hall–Kier alpha value is -2.48. The highest BCUT2D eigenvalue weighted by Crippen LogP contribution is 2.30. The first-order valence-corrected chi connectivity index (χ1v) is 10.1. The van der Waals surface area contributed by atoms with E-state index in [1.807, 2.05) is 48.1 Å². The molecule has 2 aromatic carbocycles. The van der Waals surface area contributed by atoms with Gasteiger partial charge in [0.1, 0.15) is 0 Å². The average Bonchev–Trinajstić information content (AvgIpc) is 3.13. The minimum Gasteiger partial charge on any atom is -0.396 e. The highest BCUT2D eigenvalue weighted by molar-refractivity contribution is 7.89. The molecule has 142 valence electrons. The van der Waals surface area contributed by atoms with Crippen molar-refractivity contribution < 1.29 is 13.5 Å². The van der Waals surface area contributed by atoms with E-state index in [0.717, 1.165) is 16.7 Å². The number of hydrogen-bond acceptors (Lipinski definition) is 4. The number of aliphatic hydroxyl groups is 1. The Labute approximate surface area is 159 Å². The third kappa shape index (κ3) is 4.27. The van der Waals surface area contributed by atoms with Gasteiger partial charge in [-0.25, -0.2) is 18.1 Å². The number of hydrogen-bond donors (Lipinski definition) is 2. The summed E-state index contributed by atoms with van der Waals surface area (Å²) in [4.78, 5) is 4.58. The predicted molar refractivity (Wildman–Crippen MR) is 105 cm³/mol. The molecule has 1 heterocycles. The lowest BCUT2D eigenvalue weighted by atomic mass is 9.90. The van der Waals surface area contributed by atoms with Crippen LogP contribution in [-0.2, 0) is 23.5 Å². The zero-order valence-corrected chi connectivity index (χ0v) is 16.1. The van der Waals surface area contributed by atoms with Gasteiger partial charge in [0.2, 0.25) is 10.0 Å². The average molecular weight is 385 g/mol. The van der Waals surface area contributed by atoms with Crippen molar-refractivity contribution >= 4 is 10.0 Å². The second-order valence-corrected chi connectivity index (χ2v) is 8.33. The third-order valence-electron chi connectivity index (χ3n) is 4.60. The molecule has 0 aliphatic heterocycles. The van der Waals surface area contributed by atoms with Crippen molar-refractivity contribution in [3.63, 3.8) is 0 Å². The molecular formula is C20H23N3O3S. The monoisotopic (exact) mass is 385 g/mol. The van der Waals surface area contributed by atoms with E-state index < -0.39 is 10.0 Å². The number of rotatable bonds is 7. The van der Waals surface area contributed by atoms with Gasteiger partial charge in [-0.15, -0.1) is 0 Å². The molecule has 0 fully saturated rings. The molecule has 0 unspecified atom stereocenters. The smallest absolute Gasteiger partial charge is 0.240 e. The third-order valence-corrected chi connectivity index (χ3v) is 6.01. The van der Waals surface area contributed by atoms with E-state index in [1.54, 1.807) is 24.5 Å². The molecule has 0 aliphatic rings. The van der Waals surface area contributed by atoms with Crippen LogP contribution in [0.25, 0.3) is 11.3 Å². The van der Waals surface area contributed by atoms with Gasteiger partial charge in [0.05, 0.1) is 23.5 Å². The van der Waals surface area contributed by atoms with Crippen molar-refractivity contribution in [3.05, 3.63) is 72.2 Å². The second kappa shape index (κ2) is 8.04. The number of imidazole rings is 1. The Balaban J connectivity index is 2.06. The van der Waals surface area contributed by atoms with Gasteiger partial charge in [0.15, 0.2) is 0 Å². The summed E-state index contributed by atoms with van der Waals surface area (Å²) < 4.78 is 28.6. The summed E-state index contributed by atoms with van der Waals surface area (Å²) in [5.41, 5.74) is 3.43. The highest BCUT2D eigenvalue weighted by Gasteiger charge is 2.19. The van der Waals surface area contributed by atoms with Crippen LogP contribution in [0.15, 0.2) is 66.0 Å². The molecule has 0 radical (unpaired) electrons. The minimum absolute atomic E-state index is 0.00222. The fourth-order valence-electron chi connectivity index (χ4n) is 3.09. The van der Waals surface area contributed by atoms with Gasteiger partial charge in [-0.1, -0.05) is 36.4 Å². The molecular weight excluding hydrogens is 362 g/mol. The van der Waals surface area contributed by atoms with Crippen molar-refractivity contribution in [1.82, 2.24) is 14.3 Å². The van der Waals surface area contributed by atoms with Crippen LogP contribution in [0, 0.1) is 0 Å². The van der Waals surface area contributed by atoms with Gasteiger partial charge in [0.25, 0.3) is 0 Å². The molecule has 0 saturated heterocycles. The first-order valence-electron chi connectivity index (χ1n) is 8.65. The first kappa shape index (κ1) is 19.3. The van der Waals surface area contributed by atoms with Crippen LogP contribution in [0.5, 0.6) is 0 Å². The van der Waals surface area contributed by atoms with Gasteiger partial charge < -0.3 is 9.67 Å². The number of aromatic nitrogens is 2. The predicted octanol–water partition coefficient (Wildman–Crippen LogP) is 2.31. The van der Waals surface area contributed by atoms with Gasteiger partial charge >= 0.3 is 0 Å². The fourth-order valence-corrected chi connectivity index (χ4v) is 3.84. The maximum atomic E-state index is 12.2. The van der Waals surface area contributed by atoms with E-state index in [1.165, 1.54) is 7.05 Å². The Morgan fingerprint density at radius 2 is 1.93 bits per heavy atom. The standard InChI is InChI=1S/C20H23N3O3S/c1-21-27(25,26)18-9-8-16(19(11-18)20-12-23(2)14-22-20)10-17(13-24)15-6-4-3-5-7-15/h3-9,11-12,14,17,21,24H,10,13H2,1-2H3/t17-/m1/s1. The molecule has 0 spiro atoms. The number of nitrogens with one attached hydrogen (secondary N) is 1. The minimum atomic E-state index is -3.56. The molecule has 7 heteroatoms. The van der Waals surface area contributed by atoms with Crippen molar-refractivity contribution in [2.75, 3.05) is 13.7 Å². The van der Waals surface area contributed by atoms with Crippen LogP contribution >= 0.6 is 0 Å². The van der Waals surface area contributed by atoms with Crippen LogP contribution in [0.4, 0.5) is 0 Å². The number of aryl methyl sites for hydroxylation is 1. The second-order valence-electron chi connectivity index (χ2n) is 6.45. The number of nitrogens with zero attached hydrogens (tertiary/aromatic N) is 2. The Morgan fingerprint density at radius 1 is 1.19 bits per heavy atom. The van der Waals surface area contributed by atoms with Crippen LogP contribution in [0.2, 0.25) is 0 Å². The van der Waals surface area contributed by atoms with Crippen molar-refractivity contribution in [3.8, 4) is 11.3 Å². The van der Waals surface area contributed by atoms with E-state index in [4.69, 9.17) is 0 Å². The summed E-state index contributed by atoms with van der Waals surface area (Å²) >= 11 is 0. The van der Waals surface area contributed by atoms with E-state index in [2.05, 4.69) is 9.71 Å². The molecule has 1 aromatic heterocycles. The SMILES string of the molecule is CNS(=O)(=O)c1ccc(C[C@H](CO)c2ccccc2)c(-c2cn(C)cn2)c1. The molecule has 0 amide bonds. The zero-order chi connectivity index (χ0) is 19.4. The molecule has 1 atom stereocenters. The number of benzene rings is 2. The van der Waals surface area contributed by atoms with Gasteiger partial charge in [-0.05, 0) is 36.7 Å². The molecule has 27 heavy (non-hydrogen) atoms. The fraction of sp³-hybridized carbons (Fsp3) is 0.250. The van der Waals surface area contributed by atoms with Crippen molar-refractivity contribution in [2.24, 2.45) is 7.05 Å². The number of sulfonamides is 1. The summed E-state index contributed by atoms with van der Waals surface area (Å²) in [5, 5.41) is 9.90. The summed E-state index contributed by atoms with van der Waals surface area (Å²) in [7, 11) is -0.303. The highest BCUT2D eigenvalue weighted by atomic mass is 32.2. The first-order chi connectivity index (χ1) is 12.9. The lowest BCUT2D eigenvalue weighted by Crippen LogP contribution is -2.19. The van der Waals surface area contributed by atoms with Crippen LogP contribution in [0.1, 0.15) is 17.0 Å². The maximum Gasteiger partial charge on any atom is 0.240 e. The topological polar surface area (TPSA) is 84.2 Å². The molecule has 6 nitrogen and oxygen atoms in total. The molecule has 2 N–H and O–H groups in total. The lowest BCUT2D eigenvalue weighted by molar-refractivity contribution is 0.264. The number of aliphatic hydroxyl groups excluding tert-OH is 1. The maximum absolute atomic E-state index is 12.2. The molecule has 3 rings (SSSR count). The van der Waals surface area contributed by atoms with Gasteiger partial charge in [-0.2, -0.15) is 0 Å². The van der Waals surface area contributed by atoms with E-state index in [0.29, 0.717) is 12.1 Å². The molecule has 3 aromatic rings. The quantitative estimate of drug-likeness (QED) is 0.654.